The van der Waals surface area contributed by atoms with Crippen molar-refractivity contribution in [1.82, 2.24) is 0 Å². The van der Waals surface area contributed by atoms with Crippen molar-refractivity contribution in [2.24, 2.45) is 5.73 Å². The van der Waals surface area contributed by atoms with Crippen molar-refractivity contribution in [2.45, 2.75) is 6.92 Å². The molecule has 0 saturated heterocycles. The van der Waals surface area contributed by atoms with Crippen LogP contribution >= 0.6 is 12.2 Å². The van der Waals surface area contributed by atoms with Crippen molar-refractivity contribution in [3.8, 4) is 0 Å². The highest BCUT2D eigenvalue weighted by Crippen LogP contribution is 2.29. The molecule has 2 nitrogen and oxygen atoms in total. The first-order valence-electron chi connectivity index (χ1n) is 5.81. The van der Waals surface area contributed by atoms with Crippen LogP contribution in [0.3, 0.4) is 0 Å². The molecule has 0 aliphatic carbocycles. The molecule has 110 valence electrons. The fraction of sp³-hybridized carbons (Fsp3) is 0.0714. The van der Waals surface area contributed by atoms with Gasteiger partial charge in [-0.05, 0) is 19.1 Å². The van der Waals surface area contributed by atoms with Crippen molar-refractivity contribution >= 4 is 28.6 Å². The molecule has 0 heterocycles. The summed E-state index contributed by atoms with van der Waals surface area (Å²) >= 11 is 4.84. The van der Waals surface area contributed by atoms with E-state index in [0.717, 1.165) is 5.56 Å². The lowest BCUT2D eigenvalue weighted by Crippen LogP contribution is -2.13. The number of rotatable bonds is 3. The molecular formula is C14H10F4N2S. The minimum Gasteiger partial charge on any atom is -0.389 e. The zero-order valence-electron chi connectivity index (χ0n) is 10.8. The Morgan fingerprint density at radius 3 is 2.14 bits per heavy atom. The Balaban J connectivity index is 2.56. The molecule has 2 aromatic carbocycles. The van der Waals surface area contributed by atoms with E-state index in [2.05, 4.69) is 5.32 Å². The predicted molar refractivity (Wildman–Crippen MR) is 76.6 cm³/mol. The summed E-state index contributed by atoms with van der Waals surface area (Å²) in [5.41, 5.74) is 5.87. The summed E-state index contributed by atoms with van der Waals surface area (Å²) in [7, 11) is 0. The van der Waals surface area contributed by atoms with Gasteiger partial charge in [0.05, 0.1) is 0 Å². The monoisotopic (exact) mass is 314 g/mol. The summed E-state index contributed by atoms with van der Waals surface area (Å²) in [5, 5.41) is 2.30. The van der Waals surface area contributed by atoms with E-state index in [-0.39, 0.29) is 16.7 Å². The smallest absolute Gasteiger partial charge is 0.185 e. The maximum absolute atomic E-state index is 13.6. The number of halogens is 4. The fourth-order valence-corrected chi connectivity index (χ4v) is 1.96. The van der Waals surface area contributed by atoms with E-state index < -0.39 is 29.0 Å². The van der Waals surface area contributed by atoms with Crippen molar-refractivity contribution in [1.29, 1.82) is 0 Å². The summed E-state index contributed by atoms with van der Waals surface area (Å²) < 4.78 is 53.6. The van der Waals surface area contributed by atoms with Crippen molar-refractivity contribution in [3.05, 3.63) is 58.7 Å². The van der Waals surface area contributed by atoms with Gasteiger partial charge in [-0.1, -0.05) is 23.8 Å². The standard InChI is InChI=1S/C14H10F4N2S/c1-6-2-3-10(7(4-6)14(19)21)20-13-11(17)8(15)5-9(16)12(13)18/h2-5,20H,1H3,(H2,19,21). The first-order chi connectivity index (χ1) is 9.81. The maximum atomic E-state index is 13.6. The molecule has 2 rings (SSSR count). The summed E-state index contributed by atoms with van der Waals surface area (Å²) in [6.45, 7) is 1.77. The second-order valence-electron chi connectivity index (χ2n) is 4.38. The lowest BCUT2D eigenvalue weighted by atomic mass is 10.1. The number of nitrogens with two attached hydrogens (primary N) is 1. The number of aryl methyl sites for hydroxylation is 1. The van der Waals surface area contributed by atoms with Gasteiger partial charge in [0, 0.05) is 17.3 Å². The Labute approximate surface area is 123 Å². The average molecular weight is 314 g/mol. The van der Waals surface area contributed by atoms with Gasteiger partial charge in [-0.2, -0.15) is 0 Å². The van der Waals surface area contributed by atoms with Gasteiger partial charge in [0.25, 0.3) is 0 Å². The average Bonchev–Trinajstić information content (AvgIpc) is 2.42. The number of thiocarbonyl (C=S) groups is 1. The maximum Gasteiger partial charge on any atom is 0.185 e. The molecule has 7 heteroatoms. The molecule has 0 atom stereocenters. The Bertz CT molecular complexity index is 705. The second kappa shape index (κ2) is 5.69. The van der Waals surface area contributed by atoms with Gasteiger partial charge < -0.3 is 11.1 Å². The molecule has 0 bridgehead atoms. The minimum absolute atomic E-state index is 0.0149. The second-order valence-corrected chi connectivity index (χ2v) is 4.82. The highest BCUT2D eigenvalue weighted by molar-refractivity contribution is 7.80. The van der Waals surface area contributed by atoms with Crippen LogP contribution in [0.2, 0.25) is 0 Å². The Morgan fingerprint density at radius 2 is 1.62 bits per heavy atom. The highest BCUT2D eigenvalue weighted by Gasteiger charge is 2.20. The predicted octanol–water partition coefficient (Wildman–Crippen LogP) is 3.93. The highest BCUT2D eigenvalue weighted by atomic mass is 32.1. The number of benzene rings is 2. The van der Waals surface area contributed by atoms with Gasteiger partial charge in [0.15, 0.2) is 23.3 Å². The van der Waals surface area contributed by atoms with E-state index in [1.54, 1.807) is 19.1 Å². The minimum atomic E-state index is -1.52. The topological polar surface area (TPSA) is 38.0 Å². The summed E-state index contributed by atoms with van der Waals surface area (Å²) in [6.07, 6.45) is 0. The normalized spacial score (nSPS) is 10.5. The van der Waals surface area contributed by atoms with Crippen LogP contribution in [0.5, 0.6) is 0 Å². The lowest BCUT2D eigenvalue weighted by Gasteiger charge is -2.14. The number of hydrogen-bond donors (Lipinski definition) is 2. The van der Waals surface area contributed by atoms with E-state index in [1.807, 2.05) is 0 Å². The molecule has 21 heavy (non-hydrogen) atoms. The molecule has 0 saturated carbocycles. The Kier molecular flexibility index (Phi) is 4.13. The molecule has 3 N–H and O–H groups in total. The molecule has 0 spiro atoms. The zero-order valence-corrected chi connectivity index (χ0v) is 11.6. The van der Waals surface area contributed by atoms with Gasteiger partial charge in [-0.3, -0.25) is 0 Å². The van der Waals surface area contributed by atoms with Gasteiger partial charge in [-0.15, -0.1) is 0 Å². The third-order valence-electron chi connectivity index (χ3n) is 2.81. The van der Waals surface area contributed by atoms with Crippen LogP contribution in [-0.4, -0.2) is 4.99 Å². The largest absolute Gasteiger partial charge is 0.389 e. The van der Waals surface area contributed by atoms with Crippen molar-refractivity contribution in [2.75, 3.05) is 5.32 Å². The third-order valence-corrected chi connectivity index (χ3v) is 3.03. The molecule has 0 aliphatic heterocycles. The van der Waals surface area contributed by atoms with Gasteiger partial charge in [-0.25, -0.2) is 17.6 Å². The Hall–Kier alpha value is -2.15. The molecule has 0 aliphatic rings. The van der Waals surface area contributed by atoms with Gasteiger partial charge >= 0.3 is 0 Å². The van der Waals surface area contributed by atoms with Gasteiger partial charge in [0.2, 0.25) is 0 Å². The molecule has 0 radical (unpaired) electrons. The molecule has 0 amide bonds. The number of nitrogens with one attached hydrogen (secondary N) is 1. The van der Waals surface area contributed by atoms with Crippen LogP contribution in [0, 0.1) is 30.2 Å². The zero-order chi connectivity index (χ0) is 15.7. The lowest BCUT2D eigenvalue weighted by molar-refractivity contribution is 0.459. The first-order valence-corrected chi connectivity index (χ1v) is 6.22. The number of hydrogen-bond acceptors (Lipinski definition) is 2. The first kappa shape index (κ1) is 15.2. The van der Waals surface area contributed by atoms with Crippen LogP contribution < -0.4 is 11.1 Å². The molecule has 0 unspecified atom stereocenters. The SMILES string of the molecule is Cc1ccc(Nc2c(F)c(F)cc(F)c2F)c(C(N)=S)c1. The van der Waals surface area contributed by atoms with E-state index in [9.17, 15) is 17.6 Å². The van der Waals surface area contributed by atoms with Crippen LogP contribution in [0.25, 0.3) is 0 Å². The van der Waals surface area contributed by atoms with E-state index in [4.69, 9.17) is 18.0 Å². The van der Waals surface area contributed by atoms with Crippen LogP contribution in [0.15, 0.2) is 24.3 Å². The van der Waals surface area contributed by atoms with Crippen LogP contribution in [0.1, 0.15) is 11.1 Å². The molecular weight excluding hydrogens is 304 g/mol. The molecule has 2 aromatic rings. The Morgan fingerprint density at radius 1 is 1.05 bits per heavy atom. The van der Waals surface area contributed by atoms with E-state index >= 15 is 0 Å². The summed E-state index contributed by atoms with van der Waals surface area (Å²) in [4.78, 5) is -0.0149. The summed E-state index contributed by atoms with van der Waals surface area (Å²) in [5.74, 6) is -6.05. The quantitative estimate of drug-likeness (QED) is 0.512. The molecule has 0 fully saturated rings. The molecule has 0 aromatic heterocycles. The van der Waals surface area contributed by atoms with Crippen molar-refractivity contribution < 1.29 is 17.6 Å². The van der Waals surface area contributed by atoms with Crippen LogP contribution in [0.4, 0.5) is 28.9 Å². The van der Waals surface area contributed by atoms with Gasteiger partial charge in [0.1, 0.15) is 10.7 Å². The van der Waals surface area contributed by atoms with E-state index in [0.29, 0.717) is 5.56 Å². The van der Waals surface area contributed by atoms with E-state index in [1.165, 1.54) is 6.07 Å². The van der Waals surface area contributed by atoms with Crippen molar-refractivity contribution in [3.63, 3.8) is 0 Å². The number of anilines is 2. The third kappa shape index (κ3) is 2.97. The summed E-state index contributed by atoms with van der Waals surface area (Å²) in [6, 6.07) is 4.83. The van der Waals surface area contributed by atoms with Crippen LogP contribution in [-0.2, 0) is 0 Å². The fourth-order valence-electron chi connectivity index (χ4n) is 1.79.